The van der Waals surface area contributed by atoms with Crippen molar-refractivity contribution in [1.82, 2.24) is 4.98 Å². The van der Waals surface area contributed by atoms with Gasteiger partial charge in [0, 0.05) is 5.56 Å². The maximum Gasteiger partial charge on any atom is 0.342 e. The Bertz CT molecular complexity index is 969. The fraction of sp³-hybridized carbons (Fsp3) is 0.235. The van der Waals surface area contributed by atoms with E-state index in [9.17, 15) is 24.6 Å². The van der Waals surface area contributed by atoms with Crippen LogP contribution in [0.5, 0.6) is 11.5 Å². The molecule has 2 rings (SSSR count). The van der Waals surface area contributed by atoms with Crippen molar-refractivity contribution in [3.05, 3.63) is 38.6 Å². The lowest BCUT2D eigenvalue weighted by atomic mass is 9.95. The smallest absolute Gasteiger partial charge is 0.342 e. The van der Waals surface area contributed by atoms with Gasteiger partial charge in [0.1, 0.15) is 16.9 Å². The summed E-state index contributed by atoms with van der Waals surface area (Å²) in [6.07, 6.45) is 0. The minimum Gasteiger partial charge on any atom is -0.490 e. The standard InChI is InChI=1S/C17H17ClN2O7/c1-3-26-9-6-7(5-8(18)13(9)27-4-2)10-11(16(22)23)14(19)20-15(21)12(10)17(24)25/h5-6H,3-4H2,1-2H3,(H,22,23)(H,24,25)(H3,19,20,21). The summed E-state index contributed by atoms with van der Waals surface area (Å²) in [6, 6.07) is 2.65. The second-order valence-corrected chi connectivity index (χ2v) is 5.66. The van der Waals surface area contributed by atoms with Gasteiger partial charge in [-0.15, -0.1) is 0 Å². The topological polar surface area (TPSA) is 152 Å². The van der Waals surface area contributed by atoms with E-state index in [2.05, 4.69) is 0 Å². The van der Waals surface area contributed by atoms with Crippen molar-refractivity contribution in [2.75, 3.05) is 18.9 Å². The molecule has 0 aliphatic rings. The molecule has 144 valence electrons. The quantitative estimate of drug-likeness (QED) is 0.556. The third-order valence-corrected chi connectivity index (χ3v) is 3.84. The van der Waals surface area contributed by atoms with Gasteiger partial charge in [0.05, 0.1) is 18.2 Å². The van der Waals surface area contributed by atoms with E-state index in [4.69, 9.17) is 26.8 Å². The van der Waals surface area contributed by atoms with Gasteiger partial charge in [-0.2, -0.15) is 0 Å². The van der Waals surface area contributed by atoms with Crippen LogP contribution in [0.3, 0.4) is 0 Å². The molecule has 0 unspecified atom stereocenters. The first-order valence-electron chi connectivity index (χ1n) is 7.84. The maximum atomic E-state index is 12.1. The van der Waals surface area contributed by atoms with Gasteiger partial charge in [-0.1, -0.05) is 11.6 Å². The number of hydrogen-bond acceptors (Lipinski definition) is 6. The van der Waals surface area contributed by atoms with Crippen LogP contribution in [0.2, 0.25) is 5.02 Å². The van der Waals surface area contributed by atoms with Crippen LogP contribution in [0.4, 0.5) is 5.82 Å². The highest BCUT2D eigenvalue weighted by molar-refractivity contribution is 6.32. The number of carbonyl (C=O) groups is 2. The molecule has 1 aromatic carbocycles. The van der Waals surface area contributed by atoms with Crippen molar-refractivity contribution in [1.29, 1.82) is 0 Å². The first-order chi connectivity index (χ1) is 12.7. The first-order valence-corrected chi connectivity index (χ1v) is 8.22. The Morgan fingerprint density at radius 3 is 2.22 bits per heavy atom. The zero-order valence-electron chi connectivity index (χ0n) is 14.5. The second kappa shape index (κ2) is 8.00. The number of pyridine rings is 1. The van der Waals surface area contributed by atoms with E-state index in [1.54, 1.807) is 13.8 Å². The predicted molar refractivity (Wildman–Crippen MR) is 98.2 cm³/mol. The van der Waals surface area contributed by atoms with E-state index >= 15 is 0 Å². The van der Waals surface area contributed by atoms with E-state index in [0.29, 0.717) is 0 Å². The van der Waals surface area contributed by atoms with Crippen LogP contribution in [0, 0.1) is 0 Å². The van der Waals surface area contributed by atoms with Crippen molar-refractivity contribution in [2.45, 2.75) is 13.8 Å². The highest BCUT2D eigenvalue weighted by Crippen LogP contribution is 2.41. The number of carboxylic acids is 2. The summed E-state index contributed by atoms with van der Waals surface area (Å²) >= 11 is 6.23. The molecule has 1 aromatic heterocycles. The van der Waals surface area contributed by atoms with E-state index in [-0.39, 0.29) is 40.9 Å². The zero-order valence-corrected chi connectivity index (χ0v) is 15.2. The molecule has 1 heterocycles. The summed E-state index contributed by atoms with van der Waals surface area (Å²) in [7, 11) is 0. The molecule has 0 atom stereocenters. The molecule has 2 aromatic rings. The highest BCUT2D eigenvalue weighted by atomic mass is 35.5. The van der Waals surface area contributed by atoms with Crippen molar-refractivity contribution in [3.63, 3.8) is 0 Å². The maximum absolute atomic E-state index is 12.1. The van der Waals surface area contributed by atoms with Crippen LogP contribution in [-0.4, -0.2) is 40.3 Å². The summed E-state index contributed by atoms with van der Waals surface area (Å²) in [5.74, 6) is -3.21. The number of halogens is 1. The number of benzene rings is 1. The van der Waals surface area contributed by atoms with Crippen LogP contribution < -0.4 is 20.8 Å². The highest BCUT2D eigenvalue weighted by Gasteiger charge is 2.28. The molecule has 0 aliphatic heterocycles. The minimum absolute atomic E-state index is 0.0412. The fourth-order valence-electron chi connectivity index (χ4n) is 2.60. The monoisotopic (exact) mass is 396 g/mol. The van der Waals surface area contributed by atoms with Crippen LogP contribution in [0.15, 0.2) is 16.9 Å². The van der Waals surface area contributed by atoms with E-state index in [1.165, 1.54) is 12.1 Å². The fourth-order valence-corrected chi connectivity index (χ4v) is 2.86. The molecule has 0 aliphatic carbocycles. The lowest BCUT2D eigenvalue weighted by Gasteiger charge is -2.17. The molecule has 0 bridgehead atoms. The largest absolute Gasteiger partial charge is 0.490 e. The van der Waals surface area contributed by atoms with Gasteiger partial charge in [0.2, 0.25) is 0 Å². The number of hydrogen-bond donors (Lipinski definition) is 4. The molecule has 0 amide bonds. The van der Waals surface area contributed by atoms with Gasteiger partial charge in [-0.3, -0.25) is 4.79 Å². The normalized spacial score (nSPS) is 10.5. The number of nitrogens with two attached hydrogens (primary N) is 1. The lowest BCUT2D eigenvalue weighted by Crippen LogP contribution is -2.24. The molecule has 27 heavy (non-hydrogen) atoms. The van der Waals surface area contributed by atoms with Crippen LogP contribution in [0.25, 0.3) is 11.1 Å². The summed E-state index contributed by atoms with van der Waals surface area (Å²) in [5.41, 5.74) is 2.92. The Balaban J connectivity index is 2.94. The van der Waals surface area contributed by atoms with Crippen molar-refractivity contribution >= 4 is 29.4 Å². The summed E-state index contributed by atoms with van der Waals surface area (Å²) in [4.78, 5) is 37.5. The van der Waals surface area contributed by atoms with E-state index in [0.717, 1.165) is 0 Å². The van der Waals surface area contributed by atoms with Gasteiger partial charge in [0.25, 0.3) is 5.56 Å². The number of aromatic carboxylic acids is 2. The Hall–Kier alpha value is -3.20. The first kappa shape index (κ1) is 20.1. The molecule has 10 heteroatoms. The average molecular weight is 397 g/mol. The predicted octanol–water partition coefficient (Wildman–Crippen LogP) is 2.47. The number of aromatic amines is 1. The molecular weight excluding hydrogens is 380 g/mol. The molecule has 0 spiro atoms. The average Bonchev–Trinajstić information content (AvgIpc) is 2.56. The van der Waals surface area contributed by atoms with Gasteiger partial charge in [-0.05, 0) is 31.5 Å². The van der Waals surface area contributed by atoms with Crippen molar-refractivity contribution < 1.29 is 29.3 Å². The lowest BCUT2D eigenvalue weighted by molar-refractivity contribution is 0.0695. The summed E-state index contributed by atoms with van der Waals surface area (Å²) in [6.45, 7) is 3.99. The number of rotatable bonds is 7. The SMILES string of the molecule is CCOc1cc(-c2c(C(=O)O)c(N)[nH]c(=O)c2C(=O)O)cc(Cl)c1OCC. The molecule has 0 saturated heterocycles. The number of aromatic nitrogens is 1. The third kappa shape index (κ3) is 3.82. The number of nitrogen functional groups attached to an aromatic ring is 1. The molecule has 9 nitrogen and oxygen atoms in total. The van der Waals surface area contributed by atoms with E-state index < -0.39 is 34.4 Å². The number of H-pyrrole nitrogens is 1. The number of carboxylic acid groups (broad SMARTS) is 2. The van der Waals surface area contributed by atoms with E-state index in [1.807, 2.05) is 4.98 Å². The molecular formula is C17H17ClN2O7. The van der Waals surface area contributed by atoms with Crippen LogP contribution in [-0.2, 0) is 0 Å². The van der Waals surface area contributed by atoms with Gasteiger partial charge < -0.3 is 30.4 Å². The molecule has 0 saturated carbocycles. The minimum atomic E-state index is -1.61. The van der Waals surface area contributed by atoms with Crippen LogP contribution >= 0.6 is 11.6 Å². The number of ether oxygens (including phenoxy) is 2. The molecule has 0 fully saturated rings. The third-order valence-electron chi connectivity index (χ3n) is 3.56. The Morgan fingerprint density at radius 1 is 1.11 bits per heavy atom. The van der Waals surface area contributed by atoms with Crippen molar-refractivity contribution in [2.24, 2.45) is 0 Å². The van der Waals surface area contributed by atoms with Crippen LogP contribution in [0.1, 0.15) is 34.6 Å². The second-order valence-electron chi connectivity index (χ2n) is 5.25. The number of nitrogens with one attached hydrogen (secondary N) is 1. The zero-order chi connectivity index (χ0) is 20.3. The number of anilines is 1. The van der Waals surface area contributed by atoms with Crippen molar-refractivity contribution in [3.8, 4) is 22.6 Å². The summed E-state index contributed by atoms with van der Waals surface area (Å²) in [5, 5.41) is 19.0. The summed E-state index contributed by atoms with van der Waals surface area (Å²) < 4.78 is 10.9. The molecule has 5 N–H and O–H groups in total. The Labute approximate surface area is 158 Å². The Kier molecular flexibility index (Phi) is 5.96. The molecule has 0 radical (unpaired) electrons. The van der Waals surface area contributed by atoms with Gasteiger partial charge >= 0.3 is 11.9 Å². The Morgan fingerprint density at radius 2 is 1.70 bits per heavy atom. The van der Waals surface area contributed by atoms with Gasteiger partial charge in [-0.25, -0.2) is 9.59 Å². The van der Waals surface area contributed by atoms with Gasteiger partial charge in [0.15, 0.2) is 11.5 Å².